The Kier molecular flexibility index (Phi) is 7.57. The summed E-state index contributed by atoms with van der Waals surface area (Å²) >= 11 is 0. The second-order valence-electron chi connectivity index (χ2n) is 7.01. The van der Waals surface area contributed by atoms with E-state index in [4.69, 9.17) is 5.73 Å². The van der Waals surface area contributed by atoms with Crippen LogP contribution in [0.3, 0.4) is 0 Å². The summed E-state index contributed by atoms with van der Waals surface area (Å²) < 4.78 is 1.93. The summed E-state index contributed by atoms with van der Waals surface area (Å²) in [6, 6.07) is 0.422. The Hall–Kier alpha value is -0.780. The fraction of sp³-hybridized carbons (Fsp3) is 0.765. The smallest absolute Gasteiger partial charge is 0.223 e. The maximum Gasteiger partial charge on any atom is 0.223 e. The standard InChI is InChI=1S/C17H28N4O.2ClH/c1-11-17(12(2)20(3)19-11)15-8-5-9-21(15)16(22)10-13-6-4-7-14(13)18;;/h13-15H,4-10,18H2,1-3H3;2*1H/t13-,14+,15?;;/m0../s1. The summed E-state index contributed by atoms with van der Waals surface area (Å²) in [4.78, 5) is 14.9. The van der Waals surface area contributed by atoms with Gasteiger partial charge in [0.2, 0.25) is 5.91 Å². The van der Waals surface area contributed by atoms with Crippen molar-refractivity contribution in [2.75, 3.05) is 6.54 Å². The van der Waals surface area contributed by atoms with Crippen molar-refractivity contribution in [1.82, 2.24) is 14.7 Å². The number of halogens is 2. The molecule has 5 nitrogen and oxygen atoms in total. The molecule has 0 aromatic carbocycles. The molecule has 2 N–H and O–H groups in total. The summed E-state index contributed by atoms with van der Waals surface area (Å²) in [6.45, 7) is 5.03. The average Bonchev–Trinajstić information content (AvgIpc) is 3.13. The highest BCUT2D eigenvalue weighted by molar-refractivity contribution is 5.85. The average molecular weight is 377 g/mol. The quantitative estimate of drug-likeness (QED) is 0.881. The lowest BCUT2D eigenvalue weighted by Gasteiger charge is -2.27. The highest BCUT2D eigenvalue weighted by Gasteiger charge is 2.35. The lowest BCUT2D eigenvalue weighted by atomic mass is 9.98. The van der Waals surface area contributed by atoms with E-state index in [2.05, 4.69) is 23.8 Å². The van der Waals surface area contributed by atoms with Gasteiger partial charge >= 0.3 is 0 Å². The minimum Gasteiger partial charge on any atom is -0.336 e. The predicted octanol–water partition coefficient (Wildman–Crippen LogP) is 3.06. The van der Waals surface area contributed by atoms with E-state index in [1.165, 1.54) is 17.7 Å². The van der Waals surface area contributed by atoms with Crippen molar-refractivity contribution in [3.8, 4) is 0 Å². The van der Waals surface area contributed by atoms with E-state index in [0.717, 1.165) is 37.9 Å². The Morgan fingerprint density at radius 2 is 1.92 bits per heavy atom. The molecule has 2 aliphatic rings. The van der Waals surface area contributed by atoms with Gasteiger partial charge in [-0.2, -0.15) is 5.10 Å². The Balaban J connectivity index is 0.00000144. The third-order valence-corrected chi connectivity index (χ3v) is 5.63. The van der Waals surface area contributed by atoms with Crippen molar-refractivity contribution >= 4 is 30.7 Å². The van der Waals surface area contributed by atoms with E-state index in [9.17, 15) is 4.79 Å². The van der Waals surface area contributed by atoms with Gasteiger partial charge in [0.15, 0.2) is 0 Å². The van der Waals surface area contributed by atoms with Crippen LogP contribution in [0.25, 0.3) is 0 Å². The molecule has 1 amide bonds. The van der Waals surface area contributed by atoms with Crippen LogP contribution < -0.4 is 5.73 Å². The van der Waals surface area contributed by atoms with Crippen molar-refractivity contribution in [2.45, 2.75) is 64.5 Å². The van der Waals surface area contributed by atoms with Gasteiger partial charge in [0.1, 0.15) is 0 Å². The molecule has 138 valence electrons. The van der Waals surface area contributed by atoms with Crippen LogP contribution in [0.15, 0.2) is 0 Å². The number of aryl methyl sites for hydroxylation is 2. The lowest BCUT2D eigenvalue weighted by molar-refractivity contribution is -0.133. The largest absolute Gasteiger partial charge is 0.336 e. The van der Waals surface area contributed by atoms with Gasteiger partial charge in [0.25, 0.3) is 0 Å². The highest BCUT2D eigenvalue weighted by Crippen LogP contribution is 2.37. The Bertz CT molecular complexity index is 575. The normalized spacial score (nSPS) is 26.2. The highest BCUT2D eigenvalue weighted by atomic mass is 35.5. The fourth-order valence-corrected chi connectivity index (χ4v) is 4.30. The number of aromatic nitrogens is 2. The molecule has 2 heterocycles. The van der Waals surface area contributed by atoms with Gasteiger partial charge in [-0.1, -0.05) is 6.42 Å². The van der Waals surface area contributed by atoms with Crippen LogP contribution in [-0.2, 0) is 11.8 Å². The second kappa shape index (κ2) is 8.54. The first-order valence-corrected chi connectivity index (χ1v) is 8.54. The Labute approximate surface area is 157 Å². The molecule has 1 unspecified atom stereocenters. The van der Waals surface area contributed by atoms with Crippen LogP contribution in [-0.4, -0.2) is 33.2 Å². The number of nitrogens with two attached hydrogens (primary N) is 1. The Morgan fingerprint density at radius 1 is 1.21 bits per heavy atom. The molecule has 1 aliphatic carbocycles. The molecule has 3 atom stereocenters. The number of nitrogens with zero attached hydrogens (tertiary/aromatic N) is 3. The van der Waals surface area contributed by atoms with Crippen LogP contribution in [0.5, 0.6) is 0 Å². The number of hydrogen-bond donors (Lipinski definition) is 1. The van der Waals surface area contributed by atoms with Crippen LogP contribution in [0, 0.1) is 19.8 Å². The molecule has 1 aliphatic heterocycles. The zero-order valence-electron chi connectivity index (χ0n) is 14.8. The van der Waals surface area contributed by atoms with Gasteiger partial charge < -0.3 is 10.6 Å². The maximum atomic E-state index is 12.8. The first-order chi connectivity index (χ1) is 10.5. The van der Waals surface area contributed by atoms with E-state index in [0.29, 0.717) is 12.3 Å². The molecule has 3 rings (SSSR count). The maximum absolute atomic E-state index is 12.8. The number of amides is 1. The molecule has 0 bridgehead atoms. The van der Waals surface area contributed by atoms with Crippen LogP contribution >= 0.6 is 24.8 Å². The van der Waals surface area contributed by atoms with Crippen LogP contribution in [0.4, 0.5) is 0 Å². The summed E-state index contributed by atoms with van der Waals surface area (Å²) in [5.41, 5.74) is 9.63. The Morgan fingerprint density at radius 3 is 2.46 bits per heavy atom. The summed E-state index contributed by atoms with van der Waals surface area (Å²) in [5.74, 6) is 0.664. The first-order valence-electron chi connectivity index (χ1n) is 8.54. The summed E-state index contributed by atoms with van der Waals surface area (Å²) in [6.07, 6.45) is 6.11. The number of carbonyl (C=O) groups excluding carboxylic acids is 1. The molecule has 0 radical (unpaired) electrons. The van der Waals surface area contributed by atoms with Crippen molar-refractivity contribution in [1.29, 1.82) is 0 Å². The van der Waals surface area contributed by atoms with E-state index in [1.807, 2.05) is 11.7 Å². The van der Waals surface area contributed by atoms with E-state index in [-0.39, 0.29) is 42.8 Å². The van der Waals surface area contributed by atoms with E-state index < -0.39 is 0 Å². The molecule has 2 fully saturated rings. The summed E-state index contributed by atoms with van der Waals surface area (Å²) in [5, 5.41) is 4.52. The lowest BCUT2D eigenvalue weighted by Crippen LogP contribution is -2.35. The first kappa shape index (κ1) is 21.3. The number of rotatable bonds is 3. The predicted molar refractivity (Wildman–Crippen MR) is 101 cm³/mol. The third-order valence-electron chi connectivity index (χ3n) is 5.63. The van der Waals surface area contributed by atoms with Gasteiger partial charge in [0, 0.05) is 37.3 Å². The molecule has 1 saturated carbocycles. The van der Waals surface area contributed by atoms with Crippen molar-refractivity contribution in [3.63, 3.8) is 0 Å². The molecule has 7 heteroatoms. The fourth-order valence-electron chi connectivity index (χ4n) is 4.30. The van der Waals surface area contributed by atoms with Crippen LogP contribution in [0.2, 0.25) is 0 Å². The van der Waals surface area contributed by atoms with Crippen molar-refractivity contribution < 1.29 is 4.79 Å². The minimum atomic E-state index is 0. The van der Waals surface area contributed by atoms with Gasteiger partial charge in [-0.3, -0.25) is 9.48 Å². The van der Waals surface area contributed by atoms with Crippen molar-refractivity contribution in [3.05, 3.63) is 17.0 Å². The molecule has 1 saturated heterocycles. The number of hydrogen-bond acceptors (Lipinski definition) is 3. The van der Waals surface area contributed by atoms with Gasteiger partial charge in [-0.25, -0.2) is 0 Å². The second-order valence-corrected chi connectivity index (χ2v) is 7.01. The third kappa shape index (κ3) is 3.89. The van der Waals surface area contributed by atoms with E-state index >= 15 is 0 Å². The molecule has 1 aromatic heterocycles. The number of carbonyl (C=O) groups is 1. The van der Waals surface area contributed by atoms with Crippen LogP contribution in [0.1, 0.15) is 61.5 Å². The molecular weight excluding hydrogens is 347 g/mol. The molecule has 1 aromatic rings. The SMILES string of the molecule is Cc1nn(C)c(C)c1C1CCCN1C(=O)C[C@@H]1CCC[C@H]1N.Cl.Cl. The molecule has 24 heavy (non-hydrogen) atoms. The van der Waals surface area contributed by atoms with Gasteiger partial charge in [-0.05, 0) is 45.4 Å². The zero-order chi connectivity index (χ0) is 15.9. The van der Waals surface area contributed by atoms with Gasteiger partial charge in [-0.15, -0.1) is 24.8 Å². The van der Waals surface area contributed by atoms with Gasteiger partial charge in [0.05, 0.1) is 11.7 Å². The summed E-state index contributed by atoms with van der Waals surface area (Å²) in [7, 11) is 1.98. The molecule has 0 spiro atoms. The topological polar surface area (TPSA) is 64.2 Å². The monoisotopic (exact) mass is 376 g/mol. The zero-order valence-corrected chi connectivity index (χ0v) is 16.5. The van der Waals surface area contributed by atoms with Crippen molar-refractivity contribution in [2.24, 2.45) is 18.7 Å². The molecular formula is C17H30Cl2N4O. The van der Waals surface area contributed by atoms with E-state index in [1.54, 1.807) is 0 Å². The number of likely N-dealkylation sites (tertiary alicyclic amines) is 1. The minimum absolute atomic E-state index is 0.